The van der Waals surface area contributed by atoms with E-state index in [0.29, 0.717) is 12.1 Å². The summed E-state index contributed by atoms with van der Waals surface area (Å²) in [4.78, 5) is 24.5. The number of hydrogen-bond donors (Lipinski definition) is 2. The number of carbonyl (C=O) groups is 2. The predicted molar refractivity (Wildman–Crippen MR) is 76.9 cm³/mol. The Morgan fingerprint density at radius 3 is 2.30 bits per heavy atom. The Kier molecular flexibility index (Phi) is 6.18. The lowest BCUT2D eigenvalue weighted by Gasteiger charge is -2.23. The van der Waals surface area contributed by atoms with Crippen LogP contribution in [0.25, 0.3) is 0 Å². The van der Waals surface area contributed by atoms with Crippen molar-refractivity contribution in [3.8, 4) is 0 Å². The van der Waals surface area contributed by atoms with Crippen LogP contribution < -0.4 is 4.90 Å². The van der Waals surface area contributed by atoms with Crippen molar-refractivity contribution < 1.29 is 19.8 Å². The Bertz CT molecular complexity index is 455. The fourth-order valence-electron chi connectivity index (χ4n) is 1.83. The largest absolute Gasteiger partial charge is 0.478 e. The third kappa shape index (κ3) is 4.35. The van der Waals surface area contributed by atoms with Gasteiger partial charge >= 0.3 is 5.97 Å². The maximum Gasteiger partial charge on any atom is 0.335 e. The molecule has 1 amide bonds. The summed E-state index contributed by atoms with van der Waals surface area (Å²) in [7, 11) is 0. The third-order valence-corrected chi connectivity index (χ3v) is 3.27. The number of hydrogen-bond acceptors (Lipinski definition) is 3. The summed E-state index contributed by atoms with van der Waals surface area (Å²) in [5, 5.41) is 18.0. The van der Waals surface area contributed by atoms with Gasteiger partial charge in [0, 0.05) is 18.7 Å². The monoisotopic (exact) mass is 279 g/mol. The number of carbonyl (C=O) groups excluding carboxylic acids is 1. The molecule has 110 valence electrons. The molecule has 0 aromatic heterocycles. The molecule has 0 aliphatic carbocycles. The van der Waals surface area contributed by atoms with Gasteiger partial charge in [-0.25, -0.2) is 4.79 Å². The maximum absolute atomic E-state index is 12.2. The van der Waals surface area contributed by atoms with Gasteiger partial charge in [0.25, 0.3) is 0 Å². The number of aromatic carboxylic acids is 1. The molecule has 0 aliphatic heterocycles. The van der Waals surface area contributed by atoms with Crippen LogP contribution in [0, 0.1) is 5.92 Å². The fraction of sp³-hybridized carbons (Fsp3) is 0.467. The number of aliphatic hydroxyl groups excluding tert-OH is 1. The van der Waals surface area contributed by atoms with E-state index in [2.05, 4.69) is 0 Å². The van der Waals surface area contributed by atoms with Crippen molar-refractivity contribution in [2.24, 2.45) is 5.92 Å². The number of benzene rings is 1. The zero-order valence-corrected chi connectivity index (χ0v) is 11.9. The molecule has 0 saturated heterocycles. The average Bonchev–Trinajstić information content (AvgIpc) is 2.44. The van der Waals surface area contributed by atoms with E-state index >= 15 is 0 Å². The van der Waals surface area contributed by atoms with Gasteiger partial charge in [-0.15, -0.1) is 0 Å². The van der Waals surface area contributed by atoms with Gasteiger partial charge in [-0.05, 0) is 30.2 Å². The van der Waals surface area contributed by atoms with E-state index in [1.165, 1.54) is 17.0 Å². The van der Waals surface area contributed by atoms with E-state index in [-0.39, 0.29) is 30.5 Å². The molecule has 1 atom stereocenters. The van der Waals surface area contributed by atoms with E-state index in [1.807, 2.05) is 13.8 Å². The minimum absolute atomic E-state index is 0.0588. The number of aliphatic hydroxyl groups is 1. The molecular formula is C15H21NO4. The van der Waals surface area contributed by atoms with Gasteiger partial charge in [-0.1, -0.05) is 20.3 Å². The first-order valence-electron chi connectivity index (χ1n) is 6.74. The summed E-state index contributed by atoms with van der Waals surface area (Å²) in [6, 6.07) is 6.10. The van der Waals surface area contributed by atoms with Crippen LogP contribution in [-0.4, -0.2) is 35.2 Å². The second-order valence-electron chi connectivity index (χ2n) is 4.84. The number of nitrogens with zero attached hydrogens (tertiary/aromatic N) is 1. The van der Waals surface area contributed by atoms with Crippen molar-refractivity contribution in [3.05, 3.63) is 29.8 Å². The standard InChI is InChI=1S/C15H21NO4/c1-3-11(2)10-14(18)16(8-9-17)13-6-4-12(5-7-13)15(19)20/h4-7,11,17H,3,8-10H2,1-2H3,(H,19,20). The minimum Gasteiger partial charge on any atom is -0.478 e. The van der Waals surface area contributed by atoms with Gasteiger partial charge in [0.05, 0.1) is 12.2 Å². The molecule has 1 rings (SSSR count). The molecule has 0 fully saturated rings. The van der Waals surface area contributed by atoms with Crippen LogP contribution in [0.2, 0.25) is 0 Å². The van der Waals surface area contributed by atoms with E-state index in [0.717, 1.165) is 6.42 Å². The van der Waals surface area contributed by atoms with E-state index in [9.17, 15) is 9.59 Å². The van der Waals surface area contributed by atoms with E-state index < -0.39 is 5.97 Å². The fourth-order valence-corrected chi connectivity index (χ4v) is 1.83. The summed E-state index contributed by atoms with van der Waals surface area (Å²) in [5.74, 6) is -0.783. The molecule has 20 heavy (non-hydrogen) atoms. The van der Waals surface area contributed by atoms with Crippen LogP contribution in [0.1, 0.15) is 37.0 Å². The van der Waals surface area contributed by atoms with Crippen LogP contribution >= 0.6 is 0 Å². The normalized spacial score (nSPS) is 11.9. The first-order chi connectivity index (χ1) is 9.49. The second-order valence-corrected chi connectivity index (χ2v) is 4.84. The summed E-state index contributed by atoms with van der Waals surface area (Å²) in [6.07, 6.45) is 1.33. The highest BCUT2D eigenvalue weighted by atomic mass is 16.4. The lowest BCUT2D eigenvalue weighted by Crippen LogP contribution is -2.34. The molecular weight excluding hydrogens is 258 g/mol. The quantitative estimate of drug-likeness (QED) is 0.801. The van der Waals surface area contributed by atoms with Gasteiger partial charge < -0.3 is 15.1 Å². The van der Waals surface area contributed by atoms with Gasteiger partial charge in [-0.2, -0.15) is 0 Å². The first kappa shape index (κ1) is 16.2. The van der Waals surface area contributed by atoms with E-state index in [4.69, 9.17) is 10.2 Å². The molecule has 0 aliphatic rings. The molecule has 1 aromatic rings. The SMILES string of the molecule is CCC(C)CC(=O)N(CCO)c1ccc(C(=O)O)cc1. The molecule has 5 heteroatoms. The highest BCUT2D eigenvalue weighted by Crippen LogP contribution is 2.18. The molecule has 0 bridgehead atoms. The molecule has 2 N–H and O–H groups in total. The Hall–Kier alpha value is -1.88. The predicted octanol–water partition coefficient (Wildman–Crippen LogP) is 2.15. The maximum atomic E-state index is 12.2. The van der Waals surface area contributed by atoms with Crippen molar-refractivity contribution in [1.82, 2.24) is 0 Å². The summed E-state index contributed by atoms with van der Waals surface area (Å²) in [6.45, 7) is 4.10. The number of carboxylic acids is 1. The van der Waals surface area contributed by atoms with Gasteiger partial charge in [0.15, 0.2) is 0 Å². The average molecular weight is 279 g/mol. The Morgan fingerprint density at radius 2 is 1.85 bits per heavy atom. The van der Waals surface area contributed by atoms with Crippen molar-refractivity contribution in [2.75, 3.05) is 18.1 Å². The molecule has 5 nitrogen and oxygen atoms in total. The number of amides is 1. The van der Waals surface area contributed by atoms with Crippen LogP contribution in [0.4, 0.5) is 5.69 Å². The van der Waals surface area contributed by atoms with Gasteiger partial charge in [-0.3, -0.25) is 4.79 Å². The number of carboxylic acid groups (broad SMARTS) is 1. The zero-order valence-electron chi connectivity index (χ0n) is 11.9. The van der Waals surface area contributed by atoms with Crippen LogP contribution in [0.5, 0.6) is 0 Å². The third-order valence-electron chi connectivity index (χ3n) is 3.27. The Balaban J connectivity index is 2.89. The van der Waals surface area contributed by atoms with Crippen molar-refractivity contribution >= 4 is 17.6 Å². The first-order valence-corrected chi connectivity index (χ1v) is 6.74. The lowest BCUT2D eigenvalue weighted by molar-refractivity contribution is -0.119. The molecule has 1 unspecified atom stereocenters. The summed E-state index contributed by atoms with van der Waals surface area (Å²) >= 11 is 0. The second kappa shape index (κ2) is 7.65. The smallest absolute Gasteiger partial charge is 0.335 e. The van der Waals surface area contributed by atoms with Gasteiger partial charge in [0.2, 0.25) is 5.91 Å². The van der Waals surface area contributed by atoms with Crippen molar-refractivity contribution in [2.45, 2.75) is 26.7 Å². The Labute approximate surface area is 118 Å². The number of rotatable bonds is 7. The van der Waals surface area contributed by atoms with Gasteiger partial charge in [0.1, 0.15) is 0 Å². The molecule has 0 heterocycles. The molecule has 0 saturated carbocycles. The summed E-state index contributed by atoms with van der Waals surface area (Å²) in [5.41, 5.74) is 0.782. The molecule has 0 spiro atoms. The molecule has 1 aromatic carbocycles. The highest BCUT2D eigenvalue weighted by molar-refractivity contribution is 5.94. The Morgan fingerprint density at radius 1 is 1.25 bits per heavy atom. The minimum atomic E-state index is -1.00. The zero-order chi connectivity index (χ0) is 15.1. The van der Waals surface area contributed by atoms with Crippen LogP contribution in [0.15, 0.2) is 24.3 Å². The number of anilines is 1. The van der Waals surface area contributed by atoms with Crippen LogP contribution in [0.3, 0.4) is 0 Å². The van der Waals surface area contributed by atoms with Crippen LogP contribution in [-0.2, 0) is 4.79 Å². The summed E-state index contributed by atoms with van der Waals surface area (Å²) < 4.78 is 0. The molecule has 0 radical (unpaired) electrons. The topological polar surface area (TPSA) is 77.8 Å². The highest BCUT2D eigenvalue weighted by Gasteiger charge is 2.17. The van der Waals surface area contributed by atoms with Crippen molar-refractivity contribution in [3.63, 3.8) is 0 Å². The van der Waals surface area contributed by atoms with Crippen molar-refractivity contribution in [1.29, 1.82) is 0 Å². The lowest BCUT2D eigenvalue weighted by atomic mass is 10.0. The van der Waals surface area contributed by atoms with E-state index in [1.54, 1.807) is 12.1 Å².